The minimum atomic E-state index is -5.07. The molecule has 0 bridgehead atoms. The van der Waals surface area contributed by atoms with Gasteiger partial charge in [0.1, 0.15) is 29.1 Å². The molecule has 9 heterocycles. The third-order valence-corrected chi connectivity index (χ3v) is 15.9. The van der Waals surface area contributed by atoms with Crippen molar-refractivity contribution in [3.05, 3.63) is 111 Å². The molecule has 1 aliphatic carbocycles. The highest BCUT2D eigenvalue weighted by molar-refractivity contribution is 7.46. The molecule has 74 heavy (non-hydrogen) atoms. The van der Waals surface area contributed by atoms with E-state index in [1.165, 1.54) is 23.2 Å². The maximum Gasteiger partial charge on any atom is 0.469 e. The van der Waals surface area contributed by atoms with Crippen LogP contribution in [0, 0.1) is 5.41 Å². The second-order valence-corrected chi connectivity index (χ2v) is 22.1. The van der Waals surface area contributed by atoms with Crippen molar-refractivity contribution in [2.75, 3.05) is 59.3 Å². The van der Waals surface area contributed by atoms with Crippen molar-refractivity contribution in [1.29, 1.82) is 0 Å². The van der Waals surface area contributed by atoms with Crippen LogP contribution in [0.5, 0.6) is 0 Å². The van der Waals surface area contributed by atoms with Gasteiger partial charge in [0.15, 0.2) is 0 Å². The van der Waals surface area contributed by atoms with E-state index in [0.717, 1.165) is 85.6 Å². The smallest absolute Gasteiger partial charge is 0.371 e. The Hall–Kier alpha value is -7.03. The summed E-state index contributed by atoms with van der Waals surface area (Å²) in [5.74, 6) is -2.17. The van der Waals surface area contributed by atoms with Gasteiger partial charge >= 0.3 is 7.82 Å². The molecular weight excluding hydrogens is 970 g/mol. The van der Waals surface area contributed by atoms with Crippen molar-refractivity contribution in [1.82, 2.24) is 34.2 Å². The molecule has 0 radical (unpaired) electrons. The van der Waals surface area contributed by atoms with E-state index in [4.69, 9.17) is 8.64 Å². The quantitative estimate of drug-likeness (QED) is 0.106. The summed E-state index contributed by atoms with van der Waals surface area (Å²) >= 11 is 0. The SMILES string of the molecule is [2H]C([2H])([2H])n1cc(-c2ccnc(N3CCn4c(cc5c4CC(C)(C)C5)C3=O)c2COP(=O)(O)O)cc(Nc2ccc(N3CCN(C4CCN(c5ccc6c(c5)C(=O)N([C@H]5CCC(=O)NC5=O)C6=O)CC4)C[C@@H]3C)cn2)c1=O. The van der Waals surface area contributed by atoms with Crippen LogP contribution in [-0.2, 0) is 51.6 Å². The topological polar surface area (TPSA) is 245 Å². The van der Waals surface area contributed by atoms with Crippen LogP contribution in [0.1, 0.15) is 98.6 Å². The van der Waals surface area contributed by atoms with Crippen molar-refractivity contribution >= 4 is 66.1 Å². The summed E-state index contributed by atoms with van der Waals surface area (Å²) < 4.78 is 44.7. The summed E-state index contributed by atoms with van der Waals surface area (Å²) in [5, 5.41) is 5.24. The zero-order valence-corrected chi connectivity index (χ0v) is 42.0. The number of nitrogens with zero attached hydrogens (tertiary/aromatic N) is 9. The second-order valence-electron chi connectivity index (χ2n) is 20.8. The average molecular weight is 1030 g/mol. The van der Waals surface area contributed by atoms with Gasteiger partial charge in [0.05, 0.1) is 29.6 Å². The molecule has 5 aromatic rings. The van der Waals surface area contributed by atoms with Gasteiger partial charge in [-0.2, -0.15) is 0 Å². The Morgan fingerprint density at radius 1 is 0.865 bits per heavy atom. The fourth-order valence-electron chi connectivity index (χ4n) is 11.8. The van der Waals surface area contributed by atoms with Gasteiger partial charge in [-0.05, 0) is 104 Å². The number of anilines is 5. The summed E-state index contributed by atoms with van der Waals surface area (Å²) in [4.78, 5) is 117. The van der Waals surface area contributed by atoms with Crippen LogP contribution in [0.15, 0.2) is 71.9 Å². The van der Waals surface area contributed by atoms with Gasteiger partial charge in [0.25, 0.3) is 23.3 Å². The molecule has 386 valence electrons. The van der Waals surface area contributed by atoms with E-state index in [1.54, 1.807) is 24.4 Å². The zero-order valence-electron chi connectivity index (χ0n) is 44.1. The molecule has 0 unspecified atom stereocenters. The second kappa shape index (κ2) is 18.7. The molecule has 0 spiro atoms. The molecular formula is C52H58N11O10P. The molecule has 4 N–H and O–H groups in total. The summed E-state index contributed by atoms with van der Waals surface area (Å²) in [6.45, 7) is 7.26. The molecule has 0 saturated carbocycles. The average Bonchev–Trinajstić information content (AvgIpc) is 4.03. The van der Waals surface area contributed by atoms with E-state index in [1.807, 2.05) is 22.8 Å². The minimum absolute atomic E-state index is 0.0517. The van der Waals surface area contributed by atoms with E-state index < -0.39 is 56.6 Å². The van der Waals surface area contributed by atoms with Crippen molar-refractivity contribution in [3.63, 3.8) is 0 Å². The van der Waals surface area contributed by atoms with E-state index >= 15 is 0 Å². The van der Waals surface area contributed by atoms with Gasteiger partial charge in [0.2, 0.25) is 11.8 Å². The largest absolute Gasteiger partial charge is 0.469 e. The number of phosphoric acid groups is 1. The number of piperidine rings is 2. The van der Waals surface area contributed by atoms with E-state index in [-0.39, 0.29) is 81.9 Å². The molecule has 22 heteroatoms. The number of hydrogen-bond acceptors (Lipinski definition) is 14. The van der Waals surface area contributed by atoms with E-state index in [0.29, 0.717) is 29.4 Å². The van der Waals surface area contributed by atoms with Crippen LogP contribution in [0.2, 0.25) is 0 Å². The Balaban J connectivity index is 0.767. The number of piperazine rings is 1. The number of amides is 5. The molecule has 1 aromatic carbocycles. The first kappa shape index (κ1) is 45.6. The molecule has 3 saturated heterocycles. The van der Waals surface area contributed by atoms with Gasteiger partial charge < -0.3 is 34.0 Å². The number of imide groups is 2. The van der Waals surface area contributed by atoms with E-state index in [9.17, 15) is 43.1 Å². The monoisotopic (exact) mass is 1030 g/mol. The zero-order chi connectivity index (χ0) is 54.5. The molecule has 3 fully saturated rings. The number of carbonyl (C=O) groups excluding carboxylic acids is 5. The van der Waals surface area contributed by atoms with Gasteiger partial charge in [0, 0.05) is 110 Å². The number of carbonyl (C=O) groups is 5. The molecule has 2 atom stereocenters. The number of nitrogens with one attached hydrogen (secondary N) is 2. The first-order chi connectivity index (χ1) is 36.5. The third kappa shape index (κ3) is 9.10. The summed E-state index contributed by atoms with van der Waals surface area (Å²) in [6.07, 6.45) is 7.77. The van der Waals surface area contributed by atoms with Crippen molar-refractivity contribution in [3.8, 4) is 11.1 Å². The van der Waals surface area contributed by atoms with Crippen molar-refractivity contribution < 1.29 is 47.0 Å². The van der Waals surface area contributed by atoms with Gasteiger partial charge in [-0.3, -0.25) is 53.3 Å². The highest BCUT2D eigenvalue weighted by atomic mass is 31.2. The fraction of sp³-hybridized carbons (Fsp3) is 0.423. The number of phosphoric ester groups is 1. The molecule has 5 aliphatic heterocycles. The standard InChI is InChI=1S/C52H58N11O10P/c1-30-27-59(33-12-15-58(16-13-33)34-5-7-37-38(23-34)49(67)63(48(37)66)41-8-10-45(64)56-47(41)65)17-18-60(30)35-6-9-44(54-26-35)55-40-21-32(28-57(4)50(40)68)36-11-14-53-46(39(36)29-73-74(70,71)72)62-20-19-61-42(51(62)69)22-31-24-52(2,3)25-43(31)61/h5-7,9,11,14,21-23,26,28,30,33,41H,8,10,12-13,15-20,24-25,27,29H2,1-4H3,(H,54,55)(H,56,64,65)(H2,70,71,72)/t30-,41-/m0/s1/i4D3. The first-order valence-electron chi connectivity index (χ1n) is 26.3. The summed E-state index contributed by atoms with van der Waals surface area (Å²) in [6, 6.07) is 13.0. The molecule has 4 aromatic heterocycles. The molecule has 6 aliphatic rings. The van der Waals surface area contributed by atoms with Gasteiger partial charge in [-0.15, -0.1) is 0 Å². The Bertz CT molecular complexity index is 3390. The number of aryl methyl sites for hydroxylation is 1. The lowest BCUT2D eigenvalue weighted by atomic mass is 9.90. The molecule has 5 amide bonds. The predicted molar refractivity (Wildman–Crippen MR) is 273 cm³/mol. The maximum absolute atomic E-state index is 14.2. The Labute approximate surface area is 430 Å². The minimum Gasteiger partial charge on any atom is -0.371 e. The number of fused-ring (bicyclic) bond motifs is 4. The van der Waals surface area contributed by atoms with Crippen LogP contribution >= 0.6 is 7.82 Å². The Morgan fingerprint density at radius 2 is 1.65 bits per heavy atom. The predicted octanol–water partition coefficient (Wildman–Crippen LogP) is 4.36. The number of pyridine rings is 3. The Kier molecular flexibility index (Phi) is 11.5. The molecule has 21 nitrogen and oxygen atoms in total. The lowest BCUT2D eigenvalue weighted by Crippen LogP contribution is -2.57. The lowest BCUT2D eigenvalue weighted by molar-refractivity contribution is -0.136. The normalized spacial score (nSPS) is 22.1. The van der Waals surface area contributed by atoms with Gasteiger partial charge in [-0.25, -0.2) is 14.5 Å². The maximum atomic E-state index is 14.2. The van der Waals surface area contributed by atoms with Gasteiger partial charge in [-0.1, -0.05) is 13.8 Å². The van der Waals surface area contributed by atoms with E-state index in [2.05, 4.69) is 56.1 Å². The highest BCUT2D eigenvalue weighted by Gasteiger charge is 2.45. The highest BCUT2D eigenvalue weighted by Crippen LogP contribution is 2.43. The number of rotatable bonds is 11. The van der Waals surface area contributed by atoms with Crippen LogP contribution in [-0.4, -0.2) is 126 Å². The molecule has 11 rings (SSSR count). The van der Waals surface area contributed by atoms with Crippen LogP contribution in [0.4, 0.5) is 28.7 Å². The third-order valence-electron chi connectivity index (χ3n) is 15.4. The number of aromatic nitrogens is 4. The van der Waals surface area contributed by atoms with Crippen molar-refractivity contribution in [2.24, 2.45) is 12.4 Å². The number of hydrogen-bond donors (Lipinski definition) is 4. The van der Waals surface area contributed by atoms with Crippen molar-refractivity contribution in [2.45, 2.75) is 90.6 Å². The van der Waals surface area contributed by atoms with Crippen LogP contribution in [0.25, 0.3) is 11.1 Å². The first-order valence-corrected chi connectivity index (χ1v) is 26.4. The number of benzene rings is 1. The summed E-state index contributed by atoms with van der Waals surface area (Å²) in [7, 11) is -5.07. The lowest BCUT2D eigenvalue weighted by Gasteiger charge is -2.46. The fourth-order valence-corrected chi connectivity index (χ4v) is 12.1. The summed E-state index contributed by atoms with van der Waals surface area (Å²) in [5.41, 5.74) is 4.38. The van der Waals surface area contributed by atoms with Crippen LogP contribution in [0.3, 0.4) is 0 Å². The Morgan fingerprint density at radius 3 is 2.38 bits per heavy atom. The van der Waals surface area contributed by atoms with Crippen LogP contribution < -0.4 is 30.9 Å².